The normalized spacial score (nSPS) is 17.4. The third-order valence-corrected chi connectivity index (χ3v) is 4.13. The van der Waals surface area contributed by atoms with E-state index in [0.29, 0.717) is 12.3 Å². The summed E-state index contributed by atoms with van der Waals surface area (Å²) in [6.45, 7) is 3.67. The molecule has 1 rings (SSSR count). The standard InChI is InChI=1S/C15H29N3O2/c1-2-3-4-5-6-7-8-14(19)18-11-9-13(10-12-18)15(16)17-20/h13,20H,2-12H2,1H3,(H2,16,17). The van der Waals surface area contributed by atoms with Crippen molar-refractivity contribution >= 4 is 11.7 Å². The Hall–Kier alpha value is -1.26. The maximum atomic E-state index is 12.0. The molecule has 0 spiro atoms. The van der Waals surface area contributed by atoms with E-state index in [4.69, 9.17) is 10.9 Å². The van der Waals surface area contributed by atoms with Gasteiger partial charge in [-0.3, -0.25) is 4.79 Å². The van der Waals surface area contributed by atoms with Crippen molar-refractivity contribution < 1.29 is 10.0 Å². The van der Waals surface area contributed by atoms with Gasteiger partial charge in [0.1, 0.15) is 5.84 Å². The minimum Gasteiger partial charge on any atom is -0.409 e. The molecule has 5 nitrogen and oxygen atoms in total. The van der Waals surface area contributed by atoms with Crippen LogP contribution in [0.15, 0.2) is 5.16 Å². The molecule has 0 aromatic heterocycles. The Morgan fingerprint density at radius 3 is 2.40 bits per heavy atom. The van der Waals surface area contributed by atoms with Gasteiger partial charge >= 0.3 is 0 Å². The minimum atomic E-state index is 0.123. The number of carbonyl (C=O) groups is 1. The van der Waals surface area contributed by atoms with Gasteiger partial charge < -0.3 is 15.8 Å². The topological polar surface area (TPSA) is 78.9 Å². The highest BCUT2D eigenvalue weighted by Crippen LogP contribution is 2.18. The molecule has 1 aliphatic heterocycles. The van der Waals surface area contributed by atoms with Crippen LogP contribution in [-0.4, -0.2) is 34.9 Å². The fraction of sp³-hybridized carbons (Fsp3) is 0.867. The Kier molecular flexibility index (Phi) is 8.07. The largest absolute Gasteiger partial charge is 0.409 e. The molecule has 0 atom stereocenters. The summed E-state index contributed by atoms with van der Waals surface area (Å²) in [7, 11) is 0. The second kappa shape index (κ2) is 9.61. The number of amides is 1. The fourth-order valence-corrected chi connectivity index (χ4v) is 2.72. The Labute approximate surface area is 122 Å². The maximum absolute atomic E-state index is 12.0. The van der Waals surface area contributed by atoms with Crippen LogP contribution in [-0.2, 0) is 4.79 Å². The Bertz CT molecular complexity index is 310. The van der Waals surface area contributed by atoms with Crippen molar-refractivity contribution in [3.05, 3.63) is 0 Å². The smallest absolute Gasteiger partial charge is 0.222 e. The third-order valence-electron chi connectivity index (χ3n) is 4.13. The summed E-state index contributed by atoms with van der Waals surface area (Å²) >= 11 is 0. The first kappa shape index (κ1) is 16.8. The molecule has 0 bridgehead atoms. The van der Waals surface area contributed by atoms with Gasteiger partial charge in [0.05, 0.1) is 0 Å². The first-order valence-corrected chi connectivity index (χ1v) is 7.94. The lowest BCUT2D eigenvalue weighted by atomic mass is 9.95. The second-order valence-corrected chi connectivity index (χ2v) is 5.70. The predicted molar refractivity (Wildman–Crippen MR) is 80.7 cm³/mol. The minimum absolute atomic E-state index is 0.123. The number of amidine groups is 1. The van der Waals surface area contributed by atoms with E-state index in [1.54, 1.807) is 0 Å². The number of carbonyl (C=O) groups excluding carboxylic acids is 1. The Morgan fingerprint density at radius 2 is 1.80 bits per heavy atom. The molecule has 0 saturated carbocycles. The van der Waals surface area contributed by atoms with Crippen LogP contribution in [0.25, 0.3) is 0 Å². The number of oxime groups is 1. The second-order valence-electron chi connectivity index (χ2n) is 5.70. The molecule has 116 valence electrons. The van der Waals surface area contributed by atoms with Gasteiger partial charge in [-0.25, -0.2) is 0 Å². The summed E-state index contributed by atoms with van der Waals surface area (Å²) in [4.78, 5) is 14.0. The zero-order valence-corrected chi connectivity index (χ0v) is 12.7. The summed E-state index contributed by atoms with van der Waals surface area (Å²) in [6, 6.07) is 0. The fourth-order valence-electron chi connectivity index (χ4n) is 2.72. The van der Waals surface area contributed by atoms with Crippen LogP contribution >= 0.6 is 0 Å². The van der Waals surface area contributed by atoms with Crippen LogP contribution in [0.3, 0.4) is 0 Å². The Morgan fingerprint density at radius 1 is 1.20 bits per heavy atom. The predicted octanol–water partition coefficient (Wildman–Crippen LogP) is 2.72. The van der Waals surface area contributed by atoms with E-state index in [1.807, 2.05) is 4.90 Å². The van der Waals surface area contributed by atoms with Crippen LogP contribution in [0.4, 0.5) is 0 Å². The highest BCUT2D eigenvalue weighted by atomic mass is 16.4. The van der Waals surface area contributed by atoms with Gasteiger partial charge in [-0.2, -0.15) is 0 Å². The number of nitrogens with zero attached hydrogens (tertiary/aromatic N) is 2. The van der Waals surface area contributed by atoms with Gasteiger partial charge in [0.25, 0.3) is 0 Å². The molecule has 0 radical (unpaired) electrons. The molecular formula is C15H29N3O2. The molecule has 1 fully saturated rings. The molecule has 20 heavy (non-hydrogen) atoms. The summed E-state index contributed by atoms with van der Waals surface area (Å²) in [5, 5.41) is 11.7. The lowest BCUT2D eigenvalue weighted by Crippen LogP contribution is -2.41. The van der Waals surface area contributed by atoms with Crippen molar-refractivity contribution in [3.63, 3.8) is 0 Å². The van der Waals surface area contributed by atoms with E-state index in [0.717, 1.165) is 38.8 Å². The van der Waals surface area contributed by atoms with E-state index < -0.39 is 0 Å². The zero-order chi connectivity index (χ0) is 14.8. The monoisotopic (exact) mass is 283 g/mol. The van der Waals surface area contributed by atoms with Gasteiger partial charge in [-0.05, 0) is 19.3 Å². The van der Waals surface area contributed by atoms with Crippen LogP contribution in [0.2, 0.25) is 0 Å². The van der Waals surface area contributed by atoms with Crippen molar-refractivity contribution in [1.29, 1.82) is 0 Å². The van der Waals surface area contributed by atoms with E-state index in [9.17, 15) is 4.79 Å². The third kappa shape index (κ3) is 5.80. The quantitative estimate of drug-likeness (QED) is 0.236. The molecule has 1 aliphatic rings. The first-order valence-electron chi connectivity index (χ1n) is 7.94. The van der Waals surface area contributed by atoms with Crippen molar-refractivity contribution in [2.75, 3.05) is 13.1 Å². The van der Waals surface area contributed by atoms with E-state index >= 15 is 0 Å². The van der Waals surface area contributed by atoms with Gasteiger partial charge in [0.2, 0.25) is 5.91 Å². The molecule has 0 unspecified atom stereocenters. The summed E-state index contributed by atoms with van der Waals surface area (Å²) in [5.74, 6) is 0.685. The molecule has 5 heteroatoms. The zero-order valence-electron chi connectivity index (χ0n) is 12.7. The maximum Gasteiger partial charge on any atom is 0.222 e. The number of piperidine rings is 1. The molecule has 0 aromatic carbocycles. The molecule has 1 amide bonds. The van der Waals surface area contributed by atoms with Crippen molar-refractivity contribution in [2.24, 2.45) is 16.8 Å². The Balaban J connectivity index is 2.13. The number of nitrogens with two attached hydrogens (primary N) is 1. The average Bonchev–Trinajstić information content (AvgIpc) is 2.50. The van der Waals surface area contributed by atoms with Crippen LogP contribution in [0.1, 0.15) is 64.7 Å². The van der Waals surface area contributed by atoms with Gasteiger partial charge in [0, 0.05) is 25.4 Å². The molecule has 1 heterocycles. The molecular weight excluding hydrogens is 254 g/mol. The lowest BCUT2D eigenvalue weighted by molar-refractivity contribution is -0.132. The number of unbranched alkanes of at least 4 members (excludes halogenated alkanes) is 5. The van der Waals surface area contributed by atoms with Gasteiger partial charge in [0.15, 0.2) is 0 Å². The summed E-state index contributed by atoms with van der Waals surface area (Å²) in [5.41, 5.74) is 5.60. The summed E-state index contributed by atoms with van der Waals surface area (Å²) < 4.78 is 0. The first-order chi connectivity index (χ1) is 9.69. The highest BCUT2D eigenvalue weighted by molar-refractivity contribution is 5.83. The van der Waals surface area contributed by atoms with Crippen molar-refractivity contribution in [2.45, 2.75) is 64.7 Å². The number of likely N-dealkylation sites (tertiary alicyclic amines) is 1. The van der Waals surface area contributed by atoms with E-state index in [1.165, 1.54) is 25.7 Å². The van der Waals surface area contributed by atoms with E-state index in [-0.39, 0.29) is 11.8 Å². The molecule has 0 aliphatic carbocycles. The van der Waals surface area contributed by atoms with Gasteiger partial charge in [-0.1, -0.05) is 44.2 Å². The number of rotatable bonds is 8. The number of hydrogen-bond donors (Lipinski definition) is 2. The van der Waals surface area contributed by atoms with Crippen LogP contribution in [0.5, 0.6) is 0 Å². The van der Waals surface area contributed by atoms with Crippen molar-refractivity contribution in [1.82, 2.24) is 4.90 Å². The summed E-state index contributed by atoms with van der Waals surface area (Å²) in [6.07, 6.45) is 9.53. The lowest BCUT2D eigenvalue weighted by Gasteiger charge is -2.31. The highest BCUT2D eigenvalue weighted by Gasteiger charge is 2.24. The number of hydrogen-bond acceptors (Lipinski definition) is 3. The van der Waals surface area contributed by atoms with Crippen molar-refractivity contribution in [3.8, 4) is 0 Å². The molecule has 0 aromatic rings. The van der Waals surface area contributed by atoms with E-state index in [2.05, 4.69) is 12.1 Å². The molecule has 1 saturated heterocycles. The SMILES string of the molecule is CCCCCCCCC(=O)N1CCC(C(N)=NO)CC1. The molecule has 3 N–H and O–H groups in total. The average molecular weight is 283 g/mol. The van der Waals surface area contributed by atoms with Crippen LogP contribution < -0.4 is 5.73 Å². The van der Waals surface area contributed by atoms with Crippen LogP contribution in [0, 0.1) is 5.92 Å². The van der Waals surface area contributed by atoms with Gasteiger partial charge in [-0.15, -0.1) is 0 Å².